The van der Waals surface area contributed by atoms with Crippen LogP contribution in [0, 0.1) is 13.8 Å². The van der Waals surface area contributed by atoms with Gasteiger partial charge in [0, 0.05) is 42.2 Å². The van der Waals surface area contributed by atoms with Crippen LogP contribution in [0.2, 0.25) is 0 Å². The molecule has 3 N–H and O–H groups in total. The average Bonchev–Trinajstić information content (AvgIpc) is 3.64. The van der Waals surface area contributed by atoms with Gasteiger partial charge < -0.3 is 16.0 Å². The van der Waals surface area contributed by atoms with Crippen LogP contribution >= 0.6 is 0 Å². The van der Waals surface area contributed by atoms with Crippen molar-refractivity contribution in [2.75, 3.05) is 36.1 Å². The highest BCUT2D eigenvalue weighted by Crippen LogP contribution is 2.34. The number of nitrogens with zero attached hydrogens (tertiary/aromatic N) is 5. The summed E-state index contributed by atoms with van der Waals surface area (Å²) in [6, 6.07) is 12.3. The zero-order valence-corrected chi connectivity index (χ0v) is 23.9. The van der Waals surface area contributed by atoms with Gasteiger partial charge in [0.1, 0.15) is 18.0 Å². The number of anilines is 4. The lowest BCUT2D eigenvalue weighted by molar-refractivity contribution is -0.137. The lowest BCUT2D eigenvalue weighted by Gasteiger charge is -2.25. The number of carbonyl (C=O) groups excluding carboxylic acids is 1. The first-order chi connectivity index (χ1) is 20.0. The Morgan fingerprint density at radius 3 is 2.48 bits per heavy atom. The molecular weight excluding hydrogens is 545 g/mol. The van der Waals surface area contributed by atoms with E-state index in [0.717, 1.165) is 49.3 Å². The molecule has 0 spiro atoms. The second-order valence-corrected chi connectivity index (χ2v) is 10.5. The van der Waals surface area contributed by atoms with E-state index in [-0.39, 0.29) is 11.6 Å². The minimum absolute atomic E-state index is 0.0428. The molecule has 1 aliphatic rings. The van der Waals surface area contributed by atoms with Crippen LogP contribution in [0.3, 0.4) is 0 Å². The summed E-state index contributed by atoms with van der Waals surface area (Å²) in [6.07, 6.45) is -1.11. The van der Waals surface area contributed by atoms with E-state index in [2.05, 4.69) is 35.9 Å². The molecule has 0 saturated carbocycles. The summed E-state index contributed by atoms with van der Waals surface area (Å²) in [5, 5.41) is 13.7. The van der Waals surface area contributed by atoms with Gasteiger partial charge in [-0.1, -0.05) is 6.07 Å². The molecule has 1 fully saturated rings. The Balaban J connectivity index is 1.41. The Kier molecular flexibility index (Phi) is 8.17. The summed E-state index contributed by atoms with van der Waals surface area (Å²) < 4.78 is 43.1. The summed E-state index contributed by atoms with van der Waals surface area (Å²) in [5.74, 6) is 1.20. The molecule has 9 nitrogen and oxygen atoms in total. The van der Waals surface area contributed by atoms with Gasteiger partial charge in [0.25, 0.3) is 5.91 Å². The number of alkyl halides is 3. The number of benzene rings is 2. The van der Waals surface area contributed by atoms with Gasteiger partial charge in [-0.2, -0.15) is 23.0 Å². The smallest absolute Gasteiger partial charge is 0.373 e. The number of rotatable bonds is 8. The molecule has 0 bridgehead atoms. The number of aryl methyl sites for hydroxylation is 2. The summed E-state index contributed by atoms with van der Waals surface area (Å²) in [7, 11) is 1.76. The van der Waals surface area contributed by atoms with Crippen LogP contribution in [0.4, 0.5) is 36.2 Å². The molecule has 2 aromatic heterocycles. The maximum Gasteiger partial charge on any atom is 0.416 e. The van der Waals surface area contributed by atoms with Gasteiger partial charge in [0.15, 0.2) is 5.82 Å². The number of carbonyl (C=O) groups is 1. The van der Waals surface area contributed by atoms with Crippen LogP contribution in [-0.2, 0) is 6.18 Å². The van der Waals surface area contributed by atoms with Crippen molar-refractivity contribution in [1.29, 1.82) is 0 Å². The maximum absolute atomic E-state index is 13.8. The number of nitrogens with one attached hydrogen (secondary N) is 3. The van der Waals surface area contributed by atoms with E-state index in [0.29, 0.717) is 34.4 Å². The van der Waals surface area contributed by atoms with E-state index in [9.17, 15) is 18.0 Å². The number of amides is 1. The highest BCUT2D eigenvalue weighted by Gasteiger charge is 2.33. The van der Waals surface area contributed by atoms with Crippen LogP contribution < -0.4 is 16.0 Å². The molecule has 42 heavy (non-hydrogen) atoms. The van der Waals surface area contributed by atoms with Crippen molar-refractivity contribution < 1.29 is 18.0 Å². The minimum atomic E-state index is -4.57. The number of hydrogen-bond donors (Lipinski definition) is 3. The predicted octanol–water partition coefficient (Wildman–Crippen LogP) is 6.49. The standard InChI is InChI=1S/C30H33F3N8O/c1-18-7-8-24(15-25(18)38-28-11-19(2)39-41(28)27-16-26(34-4)35-17-36-27)37-29(42)22-12-21(13-23(14-22)30(31,32)33)20(3)40-9-5-6-10-40/h7-8,11-17,20,38H,5-6,9-10H2,1-4H3,(H,37,42)(H,34,35,36)/t20-/m0/s1. The van der Waals surface area contributed by atoms with Gasteiger partial charge >= 0.3 is 6.18 Å². The number of likely N-dealkylation sites (tertiary alicyclic amines) is 1. The Labute approximate surface area is 242 Å². The molecule has 1 atom stereocenters. The molecule has 2 aromatic carbocycles. The molecule has 0 radical (unpaired) electrons. The summed E-state index contributed by atoms with van der Waals surface area (Å²) in [4.78, 5) is 23.9. The molecule has 4 aromatic rings. The zero-order chi connectivity index (χ0) is 30.0. The quantitative estimate of drug-likeness (QED) is 0.220. The molecule has 12 heteroatoms. The van der Waals surface area contributed by atoms with E-state index >= 15 is 0 Å². The lowest BCUT2D eigenvalue weighted by atomic mass is 9.99. The summed E-state index contributed by atoms with van der Waals surface area (Å²) >= 11 is 0. The molecule has 220 valence electrons. The Bertz CT molecular complexity index is 1590. The second-order valence-electron chi connectivity index (χ2n) is 10.5. The number of halogens is 3. The highest BCUT2D eigenvalue weighted by molar-refractivity contribution is 6.04. The van der Waals surface area contributed by atoms with Gasteiger partial charge in [0.2, 0.25) is 0 Å². The van der Waals surface area contributed by atoms with Crippen molar-refractivity contribution in [1.82, 2.24) is 24.6 Å². The lowest BCUT2D eigenvalue weighted by Crippen LogP contribution is -2.24. The molecule has 1 saturated heterocycles. The van der Waals surface area contributed by atoms with Gasteiger partial charge in [-0.05, 0) is 88.2 Å². The fourth-order valence-corrected chi connectivity index (χ4v) is 5.07. The van der Waals surface area contributed by atoms with Crippen molar-refractivity contribution in [3.63, 3.8) is 0 Å². The Hall–Kier alpha value is -4.45. The molecular formula is C30H33F3N8O. The molecule has 5 rings (SSSR count). The zero-order valence-electron chi connectivity index (χ0n) is 23.9. The van der Waals surface area contributed by atoms with Crippen molar-refractivity contribution >= 4 is 28.9 Å². The minimum Gasteiger partial charge on any atom is -0.373 e. The van der Waals surface area contributed by atoms with Crippen LogP contribution in [0.25, 0.3) is 5.82 Å². The Morgan fingerprint density at radius 2 is 1.76 bits per heavy atom. The normalized spacial score (nSPS) is 14.5. The van der Waals surface area contributed by atoms with E-state index in [4.69, 9.17) is 0 Å². The third-order valence-electron chi connectivity index (χ3n) is 7.43. The molecule has 0 unspecified atom stereocenters. The third kappa shape index (κ3) is 6.38. The van der Waals surface area contributed by atoms with Crippen LogP contribution in [0.15, 0.2) is 54.9 Å². The van der Waals surface area contributed by atoms with Gasteiger partial charge in [-0.15, -0.1) is 0 Å². The van der Waals surface area contributed by atoms with Crippen molar-refractivity contribution in [2.24, 2.45) is 0 Å². The van der Waals surface area contributed by atoms with Crippen molar-refractivity contribution in [3.8, 4) is 5.82 Å². The second kappa shape index (κ2) is 11.8. The first-order valence-corrected chi connectivity index (χ1v) is 13.7. The summed E-state index contributed by atoms with van der Waals surface area (Å²) in [5.41, 5.74) is 2.35. The maximum atomic E-state index is 13.8. The first kappa shape index (κ1) is 29.1. The Morgan fingerprint density at radius 1 is 1.00 bits per heavy atom. The average molecular weight is 579 g/mol. The number of aromatic nitrogens is 4. The van der Waals surface area contributed by atoms with Crippen LogP contribution in [0.1, 0.15) is 58.5 Å². The summed E-state index contributed by atoms with van der Waals surface area (Å²) in [6.45, 7) is 7.30. The molecule has 1 amide bonds. The monoisotopic (exact) mass is 578 g/mol. The fourth-order valence-electron chi connectivity index (χ4n) is 5.07. The van der Waals surface area contributed by atoms with Crippen LogP contribution in [0.5, 0.6) is 0 Å². The predicted molar refractivity (Wildman–Crippen MR) is 157 cm³/mol. The highest BCUT2D eigenvalue weighted by atomic mass is 19.4. The SMILES string of the molecule is CNc1cc(-n2nc(C)cc2Nc2cc(NC(=O)c3cc([C@H](C)N4CCCC4)cc(C(F)(F)F)c3)ccc2C)ncn1. The van der Waals surface area contributed by atoms with E-state index in [1.165, 1.54) is 6.33 Å². The molecule has 1 aliphatic heterocycles. The van der Waals surface area contributed by atoms with E-state index < -0.39 is 17.6 Å². The molecule has 3 heterocycles. The third-order valence-corrected chi connectivity index (χ3v) is 7.43. The van der Waals surface area contributed by atoms with Gasteiger partial charge in [-0.25, -0.2) is 9.97 Å². The van der Waals surface area contributed by atoms with E-state index in [1.54, 1.807) is 36.0 Å². The van der Waals surface area contributed by atoms with Crippen LogP contribution in [-0.4, -0.2) is 50.7 Å². The van der Waals surface area contributed by atoms with Gasteiger partial charge in [-0.3, -0.25) is 9.69 Å². The topological polar surface area (TPSA) is 100 Å². The van der Waals surface area contributed by atoms with Crippen molar-refractivity contribution in [3.05, 3.63) is 82.8 Å². The van der Waals surface area contributed by atoms with E-state index in [1.807, 2.05) is 32.9 Å². The molecule has 0 aliphatic carbocycles. The van der Waals surface area contributed by atoms with Gasteiger partial charge in [0.05, 0.1) is 11.3 Å². The largest absolute Gasteiger partial charge is 0.416 e. The fraction of sp³-hybridized carbons (Fsp3) is 0.333. The van der Waals surface area contributed by atoms with Crippen molar-refractivity contribution in [2.45, 2.75) is 45.8 Å². The first-order valence-electron chi connectivity index (χ1n) is 13.7. The number of hydrogen-bond acceptors (Lipinski definition) is 7.